The molecule has 0 saturated carbocycles. The van der Waals surface area contributed by atoms with Gasteiger partial charge in [0.2, 0.25) is 10.0 Å². The van der Waals surface area contributed by atoms with Crippen LogP contribution < -0.4 is 10.0 Å². The van der Waals surface area contributed by atoms with Crippen LogP contribution in [-0.2, 0) is 16.4 Å². The first-order valence-corrected chi connectivity index (χ1v) is 9.78. The molecule has 2 aromatic rings. The lowest BCUT2D eigenvalue weighted by Gasteiger charge is -2.27. The minimum absolute atomic E-state index is 0. The maximum Gasteiger partial charge on any atom is 0.243 e. The fourth-order valence-electron chi connectivity index (χ4n) is 2.55. The first kappa shape index (κ1) is 19.0. The van der Waals surface area contributed by atoms with Crippen molar-refractivity contribution in [2.24, 2.45) is 0 Å². The molecular weight excluding hydrogens is 399 g/mol. The van der Waals surface area contributed by atoms with Crippen LogP contribution >= 0.6 is 46.9 Å². The van der Waals surface area contributed by atoms with E-state index in [0.717, 1.165) is 29.9 Å². The summed E-state index contributed by atoms with van der Waals surface area (Å²) >= 11 is 12.8. The van der Waals surface area contributed by atoms with Crippen molar-refractivity contribution in [3.63, 3.8) is 0 Å². The van der Waals surface area contributed by atoms with Crippen molar-refractivity contribution in [1.82, 2.24) is 10.0 Å². The molecule has 1 unspecified atom stereocenters. The zero-order valence-corrected chi connectivity index (χ0v) is 15.8. The molecule has 0 bridgehead atoms. The Morgan fingerprint density at radius 1 is 1.30 bits per heavy atom. The Bertz CT molecular complexity index is 793. The summed E-state index contributed by atoms with van der Waals surface area (Å²) in [5.41, 5.74) is 2.38. The minimum atomic E-state index is -3.67. The maximum atomic E-state index is 12.3. The molecule has 0 spiro atoms. The van der Waals surface area contributed by atoms with Gasteiger partial charge in [0, 0.05) is 12.6 Å². The van der Waals surface area contributed by atoms with E-state index in [0.29, 0.717) is 4.34 Å². The molecule has 1 atom stereocenters. The lowest BCUT2D eigenvalue weighted by Crippen LogP contribution is -2.38. The lowest BCUT2D eigenvalue weighted by atomic mass is 9.95. The van der Waals surface area contributed by atoms with E-state index in [9.17, 15) is 8.42 Å². The van der Waals surface area contributed by atoms with E-state index in [1.165, 1.54) is 11.6 Å². The van der Waals surface area contributed by atoms with Gasteiger partial charge in [0.1, 0.15) is 9.23 Å². The SMILES string of the molecule is Cl.O=S(=O)(NCC1NCCc2ccccc21)c1cc(Cl)sc1Cl. The van der Waals surface area contributed by atoms with Crippen LogP contribution in [0.1, 0.15) is 17.2 Å². The van der Waals surface area contributed by atoms with Crippen molar-refractivity contribution in [3.05, 3.63) is 50.1 Å². The number of benzene rings is 1. The molecule has 0 radical (unpaired) electrons. The number of hydrogen-bond acceptors (Lipinski definition) is 4. The fourth-order valence-corrected chi connectivity index (χ4v) is 5.75. The summed E-state index contributed by atoms with van der Waals surface area (Å²) in [6.45, 7) is 1.09. The molecular formula is C14H15Cl3N2O2S2. The van der Waals surface area contributed by atoms with Gasteiger partial charge in [-0.15, -0.1) is 23.7 Å². The van der Waals surface area contributed by atoms with Gasteiger partial charge in [0.15, 0.2) is 0 Å². The van der Waals surface area contributed by atoms with Crippen LogP contribution in [0.2, 0.25) is 8.67 Å². The zero-order chi connectivity index (χ0) is 15.7. The fraction of sp³-hybridized carbons (Fsp3) is 0.286. The number of thiophene rings is 1. The summed E-state index contributed by atoms with van der Waals surface area (Å²) in [4.78, 5) is 0.0354. The van der Waals surface area contributed by atoms with Gasteiger partial charge < -0.3 is 5.32 Å². The molecule has 1 aliphatic rings. The summed E-state index contributed by atoms with van der Waals surface area (Å²) in [6.07, 6.45) is 0.950. The molecule has 1 aliphatic heterocycles. The third-order valence-electron chi connectivity index (χ3n) is 3.61. The minimum Gasteiger partial charge on any atom is -0.308 e. The normalized spacial score (nSPS) is 17.4. The highest BCUT2D eigenvalue weighted by Crippen LogP contribution is 2.34. The topological polar surface area (TPSA) is 58.2 Å². The van der Waals surface area contributed by atoms with Crippen LogP contribution in [0.4, 0.5) is 0 Å². The van der Waals surface area contributed by atoms with Crippen LogP contribution in [-0.4, -0.2) is 21.5 Å². The molecule has 1 aromatic heterocycles. The summed E-state index contributed by atoms with van der Waals surface area (Å²) in [7, 11) is -3.67. The van der Waals surface area contributed by atoms with Crippen molar-refractivity contribution < 1.29 is 8.42 Å². The van der Waals surface area contributed by atoms with Gasteiger partial charge in [0.05, 0.1) is 4.34 Å². The van der Waals surface area contributed by atoms with Crippen molar-refractivity contribution in [2.75, 3.05) is 13.1 Å². The maximum absolute atomic E-state index is 12.3. The van der Waals surface area contributed by atoms with Crippen LogP contribution in [0.25, 0.3) is 0 Å². The Kier molecular flexibility index (Phi) is 6.35. The molecule has 9 heteroatoms. The number of rotatable bonds is 4. The van der Waals surface area contributed by atoms with Crippen LogP contribution in [0.5, 0.6) is 0 Å². The predicted octanol–water partition coefficient (Wildman–Crippen LogP) is 3.64. The second kappa shape index (κ2) is 7.70. The monoisotopic (exact) mass is 412 g/mol. The molecule has 126 valence electrons. The number of halogens is 3. The standard InChI is InChI=1S/C14H14Cl2N2O2S2.ClH/c15-13-7-12(14(16)21-13)22(19,20)18-8-11-10-4-2-1-3-9(10)5-6-17-11;/h1-4,7,11,17-18H,5-6,8H2;1H. The molecule has 2 heterocycles. The number of nitrogens with one attached hydrogen (secondary N) is 2. The van der Waals surface area contributed by atoms with E-state index in [1.54, 1.807) is 0 Å². The Labute approximate surface area is 155 Å². The van der Waals surface area contributed by atoms with E-state index >= 15 is 0 Å². The van der Waals surface area contributed by atoms with Gasteiger partial charge >= 0.3 is 0 Å². The van der Waals surface area contributed by atoms with Gasteiger partial charge in [-0.3, -0.25) is 0 Å². The van der Waals surface area contributed by atoms with Gasteiger partial charge in [-0.1, -0.05) is 47.5 Å². The molecule has 0 aliphatic carbocycles. The van der Waals surface area contributed by atoms with Crippen molar-refractivity contribution in [3.8, 4) is 0 Å². The Hall–Kier alpha value is -0.340. The van der Waals surface area contributed by atoms with E-state index < -0.39 is 10.0 Å². The molecule has 23 heavy (non-hydrogen) atoms. The van der Waals surface area contributed by atoms with E-state index in [1.807, 2.05) is 18.2 Å². The third kappa shape index (κ3) is 4.20. The first-order valence-electron chi connectivity index (χ1n) is 6.73. The largest absolute Gasteiger partial charge is 0.308 e. The molecule has 0 saturated heterocycles. The Morgan fingerprint density at radius 3 is 2.74 bits per heavy atom. The number of sulfonamides is 1. The predicted molar refractivity (Wildman–Crippen MR) is 97.7 cm³/mol. The highest BCUT2D eigenvalue weighted by molar-refractivity contribution is 7.89. The average Bonchev–Trinajstić information content (AvgIpc) is 2.85. The Morgan fingerprint density at radius 2 is 2.04 bits per heavy atom. The number of hydrogen-bond donors (Lipinski definition) is 2. The van der Waals surface area contributed by atoms with Crippen molar-refractivity contribution >= 4 is 57.0 Å². The smallest absolute Gasteiger partial charge is 0.243 e. The average molecular weight is 414 g/mol. The highest BCUT2D eigenvalue weighted by atomic mass is 35.5. The molecule has 2 N–H and O–H groups in total. The summed E-state index contributed by atoms with van der Waals surface area (Å²) in [5.74, 6) is 0. The van der Waals surface area contributed by atoms with Crippen molar-refractivity contribution in [1.29, 1.82) is 0 Å². The van der Waals surface area contributed by atoms with E-state index in [2.05, 4.69) is 16.1 Å². The summed E-state index contributed by atoms with van der Waals surface area (Å²) in [5, 5.41) is 3.34. The van der Waals surface area contributed by atoms with Gasteiger partial charge in [0.25, 0.3) is 0 Å². The molecule has 3 rings (SSSR count). The van der Waals surface area contributed by atoms with Gasteiger partial charge in [-0.05, 0) is 30.2 Å². The molecule has 4 nitrogen and oxygen atoms in total. The van der Waals surface area contributed by atoms with Crippen molar-refractivity contribution in [2.45, 2.75) is 17.4 Å². The van der Waals surface area contributed by atoms with Gasteiger partial charge in [-0.2, -0.15) is 0 Å². The van der Waals surface area contributed by atoms with E-state index in [-0.39, 0.29) is 34.2 Å². The van der Waals surface area contributed by atoms with Crippen LogP contribution in [0.15, 0.2) is 35.2 Å². The lowest BCUT2D eigenvalue weighted by molar-refractivity contribution is 0.492. The highest BCUT2D eigenvalue weighted by Gasteiger charge is 2.24. The zero-order valence-electron chi connectivity index (χ0n) is 11.9. The van der Waals surface area contributed by atoms with Crippen LogP contribution in [0, 0.1) is 0 Å². The second-order valence-corrected chi connectivity index (χ2v) is 9.02. The number of fused-ring (bicyclic) bond motifs is 1. The molecule has 0 amide bonds. The molecule has 1 aromatic carbocycles. The first-order chi connectivity index (χ1) is 10.5. The Balaban J connectivity index is 0.00000192. The summed E-state index contributed by atoms with van der Waals surface area (Å²) < 4.78 is 27.8. The molecule has 0 fully saturated rings. The quantitative estimate of drug-likeness (QED) is 0.804. The van der Waals surface area contributed by atoms with E-state index in [4.69, 9.17) is 23.2 Å². The summed E-state index contributed by atoms with van der Waals surface area (Å²) in [6, 6.07) is 9.38. The third-order valence-corrected chi connectivity index (χ3v) is 6.78. The van der Waals surface area contributed by atoms with Gasteiger partial charge in [-0.25, -0.2) is 13.1 Å². The van der Waals surface area contributed by atoms with Crippen LogP contribution in [0.3, 0.4) is 0 Å². The second-order valence-electron chi connectivity index (χ2n) is 5.00.